The van der Waals surface area contributed by atoms with Crippen LogP contribution in [0, 0.1) is 0 Å². The molecule has 3 heterocycles. The molecule has 2 saturated heterocycles. The highest BCUT2D eigenvalue weighted by atomic mass is 16.3. The van der Waals surface area contributed by atoms with Crippen molar-refractivity contribution in [3.05, 3.63) is 36.8 Å². The Morgan fingerprint density at radius 1 is 1.38 bits per heavy atom. The highest BCUT2D eigenvalue weighted by molar-refractivity contribution is 5.91. The summed E-state index contributed by atoms with van der Waals surface area (Å²) in [5.41, 5.74) is -0.0782. The van der Waals surface area contributed by atoms with Crippen LogP contribution in [0.15, 0.2) is 35.5 Å². The largest absolute Gasteiger partial charge is 0.459 e. The third-order valence-corrected chi connectivity index (χ3v) is 4.70. The minimum Gasteiger partial charge on any atom is -0.459 e. The smallest absolute Gasteiger partial charge is 0.289 e. The molecule has 3 rings (SSSR count). The van der Waals surface area contributed by atoms with Gasteiger partial charge in [0.25, 0.3) is 5.91 Å². The molecule has 0 atom stereocenters. The first-order valence-electron chi connectivity index (χ1n) is 7.40. The molecule has 2 aliphatic rings. The van der Waals surface area contributed by atoms with Crippen molar-refractivity contribution in [2.24, 2.45) is 0 Å². The van der Waals surface area contributed by atoms with Gasteiger partial charge in [-0.15, -0.1) is 6.58 Å². The molecule has 0 saturated carbocycles. The summed E-state index contributed by atoms with van der Waals surface area (Å²) in [4.78, 5) is 28.1. The molecule has 112 valence electrons. The third kappa shape index (κ3) is 2.37. The zero-order valence-electron chi connectivity index (χ0n) is 12.1. The first-order valence-corrected chi connectivity index (χ1v) is 7.40. The Morgan fingerprint density at radius 3 is 2.76 bits per heavy atom. The molecule has 0 aromatic carbocycles. The molecule has 5 nitrogen and oxygen atoms in total. The summed E-state index contributed by atoms with van der Waals surface area (Å²) >= 11 is 0. The van der Waals surface area contributed by atoms with Crippen molar-refractivity contribution in [3.63, 3.8) is 0 Å². The number of likely N-dealkylation sites (tertiary alicyclic amines) is 2. The van der Waals surface area contributed by atoms with Crippen LogP contribution in [0.1, 0.15) is 36.2 Å². The van der Waals surface area contributed by atoms with E-state index < -0.39 is 0 Å². The third-order valence-electron chi connectivity index (χ3n) is 4.70. The quantitative estimate of drug-likeness (QED) is 0.800. The number of carbonyl (C=O) groups excluding carboxylic acids is 2. The van der Waals surface area contributed by atoms with Gasteiger partial charge in [0.15, 0.2) is 5.76 Å². The standard InChI is InChI=1S/C16H20N2O3/c1-2-9-18-14(19)5-6-16(18)7-10-17(11-8-16)15(20)13-4-3-12-21-13/h2-4,12H,1,5-11H2. The van der Waals surface area contributed by atoms with E-state index in [1.54, 1.807) is 18.2 Å². The van der Waals surface area contributed by atoms with E-state index in [2.05, 4.69) is 6.58 Å². The number of rotatable bonds is 3. The fourth-order valence-electron chi connectivity index (χ4n) is 3.50. The molecule has 2 aliphatic heterocycles. The van der Waals surface area contributed by atoms with Crippen LogP contribution in [-0.4, -0.2) is 46.8 Å². The van der Waals surface area contributed by atoms with Crippen LogP contribution in [0.3, 0.4) is 0 Å². The van der Waals surface area contributed by atoms with Crippen LogP contribution in [-0.2, 0) is 4.79 Å². The van der Waals surface area contributed by atoms with E-state index in [1.165, 1.54) is 6.26 Å². The maximum Gasteiger partial charge on any atom is 0.289 e. The molecule has 0 N–H and O–H groups in total. The molecule has 2 amide bonds. The van der Waals surface area contributed by atoms with Gasteiger partial charge in [-0.2, -0.15) is 0 Å². The maximum atomic E-state index is 12.3. The normalized spacial score (nSPS) is 21.0. The van der Waals surface area contributed by atoms with E-state index in [9.17, 15) is 9.59 Å². The fourth-order valence-corrected chi connectivity index (χ4v) is 3.50. The summed E-state index contributed by atoms with van der Waals surface area (Å²) < 4.78 is 5.17. The van der Waals surface area contributed by atoms with E-state index in [-0.39, 0.29) is 17.4 Å². The van der Waals surface area contributed by atoms with Crippen molar-refractivity contribution in [1.29, 1.82) is 0 Å². The Hall–Kier alpha value is -2.04. The van der Waals surface area contributed by atoms with Gasteiger partial charge < -0.3 is 14.2 Å². The highest BCUT2D eigenvalue weighted by Gasteiger charge is 2.46. The first-order chi connectivity index (χ1) is 10.2. The Kier molecular flexibility index (Phi) is 3.57. The highest BCUT2D eigenvalue weighted by Crippen LogP contribution is 2.39. The number of piperidine rings is 1. The molecule has 2 fully saturated rings. The van der Waals surface area contributed by atoms with Gasteiger partial charge in [-0.3, -0.25) is 9.59 Å². The maximum absolute atomic E-state index is 12.3. The lowest BCUT2D eigenvalue weighted by Crippen LogP contribution is -2.54. The molecule has 1 aromatic heterocycles. The van der Waals surface area contributed by atoms with Crippen LogP contribution in [0.5, 0.6) is 0 Å². The Labute approximate surface area is 124 Å². The average molecular weight is 288 g/mol. The molecule has 1 aromatic rings. The van der Waals surface area contributed by atoms with E-state index in [4.69, 9.17) is 4.42 Å². The number of carbonyl (C=O) groups is 2. The lowest BCUT2D eigenvalue weighted by atomic mass is 9.85. The summed E-state index contributed by atoms with van der Waals surface area (Å²) in [5, 5.41) is 0. The molecular formula is C16H20N2O3. The van der Waals surface area contributed by atoms with Crippen molar-refractivity contribution in [3.8, 4) is 0 Å². The predicted octanol–water partition coefficient (Wildman–Crippen LogP) is 2.06. The van der Waals surface area contributed by atoms with Gasteiger partial charge >= 0.3 is 0 Å². The van der Waals surface area contributed by atoms with Gasteiger partial charge in [0.1, 0.15) is 0 Å². The predicted molar refractivity (Wildman–Crippen MR) is 77.7 cm³/mol. The molecule has 0 bridgehead atoms. The second-order valence-corrected chi connectivity index (χ2v) is 5.79. The van der Waals surface area contributed by atoms with Crippen molar-refractivity contribution in [2.75, 3.05) is 19.6 Å². The SMILES string of the molecule is C=CCN1C(=O)CCC12CCN(C(=O)c1ccco1)CC2. The second kappa shape index (κ2) is 5.39. The first kappa shape index (κ1) is 13.9. The van der Waals surface area contributed by atoms with Gasteiger partial charge in [0.05, 0.1) is 6.26 Å². The Morgan fingerprint density at radius 2 is 2.14 bits per heavy atom. The monoisotopic (exact) mass is 288 g/mol. The van der Waals surface area contributed by atoms with Gasteiger partial charge in [-0.25, -0.2) is 0 Å². The van der Waals surface area contributed by atoms with Gasteiger partial charge in [-0.05, 0) is 31.4 Å². The molecule has 21 heavy (non-hydrogen) atoms. The molecule has 0 aliphatic carbocycles. The lowest BCUT2D eigenvalue weighted by Gasteiger charge is -2.44. The molecule has 1 spiro atoms. The van der Waals surface area contributed by atoms with Crippen molar-refractivity contribution in [2.45, 2.75) is 31.2 Å². The topological polar surface area (TPSA) is 53.8 Å². The summed E-state index contributed by atoms with van der Waals surface area (Å²) in [6.45, 7) is 5.68. The van der Waals surface area contributed by atoms with Crippen molar-refractivity contribution in [1.82, 2.24) is 9.80 Å². The van der Waals surface area contributed by atoms with Crippen LogP contribution in [0.25, 0.3) is 0 Å². The summed E-state index contributed by atoms with van der Waals surface area (Å²) in [6.07, 6.45) is 6.46. The second-order valence-electron chi connectivity index (χ2n) is 5.79. The molecular weight excluding hydrogens is 268 g/mol. The van der Waals surface area contributed by atoms with Crippen LogP contribution in [0.4, 0.5) is 0 Å². The van der Waals surface area contributed by atoms with E-state index in [1.807, 2.05) is 9.80 Å². The minimum atomic E-state index is -0.0782. The van der Waals surface area contributed by atoms with Gasteiger partial charge in [-0.1, -0.05) is 6.08 Å². The molecule has 5 heteroatoms. The Bertz CT molecular complexity index is 542. The molecule has 0 unspecified atom stereocenters. The van der Waals surface area contributed by atoms with Crippen molar-refractivity contribution < 1.29 is 14.0 Å². The van der Waals surface area contributed by atoms with E-state index >= 15 is 0 Å². The number of hydrogen-bond acceptors (Lipinski definition) is 3. The van der Waals surface area contributed by atoms with Crippen LogP contribution >= 0.6 is 0 Å². The summed E-state index contributed by atoms with van der Waals surface area (Å²) in [7, 11) is 0. The van der Waals surface area contributed by atoms with Crippen LogP contribution < -0.4 is 0 Å². The number of furan rings is 1. The summed E-state index contributed by atoms with van der Waals surface area (Å²) in [5.74, 6) is 0.534. The Balaban J connectivity index is 1.68. The van der Waals surface area contributed by atoms with E-state index in [0.717, 1.165) is 19.3 Å². The average Bonchev–Trinajstić information content (AvgIpc) is 3.12. The van der Waals surface area contributed by atoms with E-state index in [0.29, 0.717) is 31.8 Å². The minimum absolute atomic E-state index is 0.0607. The fraction of sp³-hybridized carbons (Fsp3) is 0.500. The lowest BCUT2D eigenvalue weighted by molar-refractivity contribution is -0.131. The number of hydrogen-bond donors (Lipinski definition) is 0. The zero-order chi connectivity index (χ0) is 14.9. The van der Waals surface area contributed by atoms with Gasteiger partial charge in [0, 0.05) is 31.6 Å². The molecule has 0 radical (unpaired) electrons. The number of amides is 2. The van der Waals surface area contributed by atoms with Crippen molar-refractivity contribution >= 4 is 11.8 Å². The van der Waals surface area contributed by atoms with Crippen LogP contribution in [0.2, 0.25) is 0 Å². The zero-order valence-corrected chi connectivity index (χ0v) is 12.1. The van der Waals surface area contributed by atoms with Gasteiger partial charge in [0.2, 0.25) is 5.91 Å². The summed E-state index contributed by atoms with van der Waals surface area (Å²) in [6, 6.07) is 3.41. The number of nitrogens with zero attached hydrogens (tertiary/aromatic N) is 2.